The molecule has 0 bridgehead atoms. The van der Waals surface area contributed by atoms with E-state index in [1.165, 1.54) is 6.07 Å². The molecule has 0 aliphatic carbocycles. The van der Waals surface area contributed by atoms with Crippen LogP contribution in [-0.4, -0.2) is 24.4 Å². The second-order valence-electron chi connectivity index (χ2n) is 3.31. The Labute approximate surface area is 125 Å². The number of nitrogens with zero attached hydrogens (tertiary/aromatic N) is 1. The van der Waals surface area contributed by atoms with Gasteiger partial charge in [-0.25, -0.2) is 4.98 Å². The molecule has 0 radical (unpaired) electrons. The summed E-state index contributed by atoms with van der Waals surface area (Å²) in [5, 5.41) is 0. The fourth-order valence-electron chi connectivity index (χ4n) is 1.27. The highest BCUT2D eigenvalue weighted by Crippen LogP contribution is 2.31. The summed E-state index contributed by atoms with van der Waals surface area (Å²) in [6, 6.07) is 1.36. The Morgan fingerprint density at radius 1 is 1.53 bits per heavy atom. The van der Waals surface area contributed by atoms with Crippen LogP contribution in [0.2, 0.25) is 0 Å². The van der Waals surface area contributed by atoms with Crippen LogP contribution in [0.3, 0.4) is 0 Å². The molecule has 0 amide bonds. The Kier molecular flexibility index (Phi) is 5.65. The molecular weight excluding hydrogens is 401 g/mol. The lowest BCUT2D eigenvalue weighted by molar-refractivity contribution is -0.275. The van der Waals surface area contributed by atoms with Gasteiger partial charge in [0, 0.05) is 5.56 Å². The molecule has 1 aromatic heterocycles. The molecule has 0 fully saturated rings. The normalized spacial score (nSPS) is 11.3. The molecule has 0 N–H and O–H groups in total. The standard InChI is InChI=1S/C10H8ClF3INO3/c1-18-8(17)3-6-9(19-10(12,13)14)5(4-11)2-7(15)16-6/h2H,3-4H2,1H3. The summed E-state index contributed by atoms with van der Waals surface area (Å²) in [6.45, 7) is 0. The molecule has 0 saturated heterocycles. The van der Waals surface area contributed by atoms with Gasteiger partial charge >= 0.3 is 12.3 Å². The average molecular weight is 410 g/mol. The number of carbonyl (C=O) groups excluding carboxylic acids is 1. The van der Waals surface area contributed by atoms with Crippen LogP contribution in [-0.2, 0) is 21.8 Å². The topological polar surface area (TPSA) is 48.4 Å². The van der Waals surface area contributed by atoms with E-state index in [4.69, 9.17) is 11.6 Å². The first-order valence-corrected chi connectivity index (χ1v) is 6.45. The van der Waals surface area contributed by atoms with Crippen molar-refractivity contribution in [2.75, 3.05) is 7.11 Å². The van der Waals surface area contributed by atoms with Gasteiger partial charge in [0.1, 0.15) is 3.70 Å². The third-order valence-corrected chi connectivity index (χ3v) is 2.83. The van der Waals surface area contributed by atoms with Crippen LogP contribution >= 0.6 is 34.2 Å². The van der Waals surface area contributed by atoms with E-state index in [0.717, 1.165) is 7.11 Å². The van der Waals surface area contributed by atoms with Gasteiger partial charge in [-0.3, -0.25) is 4.79 Å². The molecule has 0 unspecified atom stereocenters. The number of carbonyl (C=O) groups is 1. The van der Waals surface area contributed by atoms with Crippen LogP contribution in [0.1, 0.15) is 11.3 Å². The van der Waals surface area contributed by atoms with Crippen LogP contribution in [0.5, 0.6) is 5.75 Å². The first-order chi connectivity index (χ1) is 8.76. The van der Waals surface area contributed by atoms with Crippen molar-refractivity contribution in [2.24, 2.45) is 0 Å². The summed E-state index contributed by atoms with van der Waals surface area (Å²) in [6.07, 6.45) is -5.32. The van der Waals surface area contributed by atoms with Crippen LogP contribution in [0.25, 0.3) is 0 Å². The molecule has 19 heavy (non-hydrogen) atoms. The van der Waals surface area contributed by atoms with Crippen LogP contribution in [0.4, 0.5) is 13.2 Å². The van der Waals surface area contributed by atoms with Crippen LogP contribution < -0.4 is 4.74 Å². The first-order valence-electron chi connectivity index (χ1n) is 4.83. The number of alkyl halides is 4. The smallest absolute Gasteiger partial charge is 0.469 e. The molecule has 0 spiro atoms. The summed E-state index contributed by atoms with van der Waals surface area (Å²) < 4.78 is 45.7. The van der Waals surface area contributed by atoms with Crippen molar-refractivity contribution in [2.45, 2.75) is 18.7 Å². The third-order valence-electron chi connectivity index (χ3n) is 1.99. The number of methoxy groups -OCH3 is 1. The average Bonchev–Trinajstić information content (AvgIpc) is 2.30. The van der Waals surface area contributed by atoms with Crippen molar-refractivity contribution in [3.63, 3.8) is 0 Å². The van der Waals surface area contributed by atoms with Crippen molar-refractivity contribution in [1.29, 1.82) is 0 Å². The van der Waals surface area contributed by atoms with E-state index in [-0.39, 0.29) is 17.1 Å². The maximum atomic E-state index is 12.3. The second kappa shape index (κ2) is 6.60. The highest BCUT2D eigenvalue weighted by Gasteiger charge is 2.34. The van der Waals surface area contributed by atoms with Crippen molar-refractivity contribution in [3.8, 4) is 5.75 Å². The number of halogens is 5. The summed E-state index contributed by atoms with van der Waals surface area (Å²) in [7, 11) is 1.13. The zero-order valence-electron chi connectivity index (χ0n) is 9.55. The largest absolute Gasteiger partial charge is 0.573 e. The minimum Gasteiger partial charge on any atom is -0.469 e. The number of ether oxygens (including phenoxy) is 2. The molecule has 1 aromatic rings. The SMILES string of the molecule is COC(=O)Cc1nc(I)cc(CCl)c1OC(F)(F)F. The second-order valence-corrected chi connectivity index (χ2v) is 4.69. The minimum absolute atomic E-state index is 0.109. The summed E-state index contributed by atoms with van der Waals surface area (Å²) >= 11 is 7.39. The van der Waals surface area contributed by atoms with Gasteiger partial charge in [-0.2, -0.15) is 0 Å². The predicted molar refractivity (Wildman–Crippen MR) is 68.9 cm³/mol. The fourth-order valence-corrected chi connectivity index (χ4v) is 2.14. The summed E-state index contributed by atoms with van der Waals surface area (Å²) in [5.74, 6) is -1.46. The van der Waals surface area contributed by atoms with E-state index in [0.29, 0.717) is 3.70 Å². The van der Waals surface area contributed by atoms with Crippen molar-refractivity contribution in [3.05, 3.63) is 21.0 Å². The van der Waals surface area contributed by atoms with Gasteiger partial charge in [-0.1, -0.05) is 0 Å². The Hall–Kier alpha value is -0.770. The van der Waals surface area contributed by atoms with Gasteiger partial charge < -0.3 is 9.47 Å². The van der Waals surface area contributed by atoms with Gasteiger partial charge in [-0.15, -0.1) is 24.8 Å². The fraction of sp³-hybridized carbons (Fsp3) is 0.400. The molecule has 0 aromatic carbocycles. The first kappa shape index (κ1) is 16.3. The Morgan fingerprint density at radius 3 is 2.63 bits per heavy atom. The number of esters is 1. The Balaban J connectivity index is 3.25. The van der Waals surface area contributed by atoms with Gasteiger partial charge in [0.25, 0.3) is 0 Å². The molecule has 1 heterocycles. The highest BCUT2D eigenvalue weighted by molar-refractivity contribution is 14.1. The van der Waals surface area contributed by atoms with E-state index in [2.05, 4.69) is 14.5 Å². The van der Waals surface area contributed by atoms with Crippen LogP contribution in [0, 0.1) is 3.70 Å². The molecule has 4 nitrogen and oxygen atoms in total. The molecule has 0 aliphatic heterocycles. The maximum Gasteiger partial charge on any atom is 0.573 e. The van der Waals surface area contributed by atoms with E-state index in [1.807, 2.05) is 22.6 Å². The lowest BCUT2D eigenvalue weighted by Crippen LogP contribution is -2.21. The predicted octanol–water partition coefficient (Wildman–Crippen LogP) is 3.04. The number of pyridine rings is 1. The van der Waals surface area contributed by atoms with Crippen molar-refractivity contribution in [1.82, 2.24) is 4.98 Å². The third kappa shape index (κ3) is 5.01. The molecule has 1 rings (SSSR count). The lowest BCUT2D eigenvalue weighted by atomic mass is 10.2. The number of rotatable bonds is 4. The zero-order chi connectivity index (χ0) is 14.6. The maximum absolute atomic E-state index is 12.3. The Morgan fingerprint density at radius 2 is 2.16 bits per heavy atom. The van der Waals surface area contributed by atoms with E-state index >= 15 is 0 Å². The van der Waals surface area contributed by atoms with Gasteiger partial charge in [0.15, 0.2) is 5.75 Å². The van der Waals surface area contributed by atoms with E-state index < -0.39 is 24.5 Å². The lowest BCUT2D eigenvalue weighted by Gasteiger charge is -2.15. The molecule has 0 atom stereocenters. The number of hydrogen-bond acceptors (Lipinski definition) is 4. The summed E-state index contributed by atoms with van der Waals surface area (Å²) in [5.41, 5.74) is -0.0518. The number of hydrogen-bond donors (Lipinski definition) is 0. The minimum atomic E-state index is -4.89. The van der Waals surface area contributed by atoms with Crippen LogP contribution in [0.15, 0.2) is 6.07 Å². The quantitative estimate of drug-likeness (QED) is 0.332. The van der Waals surface area contributed by atoms with E-state index in [9.17, 15) is 18.0 Å². The van der Waals surface area contributed by atoms with Crippen molar-refractivity contribution < 1.29 is 27.4 Å². The van der Waals surface area contributed by atoms with Gasteiger partial charge in [0.05, 0.1) is 25.1 Å². The molecular formula is C10H8ClF3INO3. The molecule has 0 aliphatic rings. The molecule has 9 heteroatoms. The monoisotopic (exact) mass is 409 g/mol. The van der Waals surface area contributed by atoms with E-state index in [1.54, 1.807) is 0 Å². The molecule has 106 valence electrons. The summed E-state index contributed by atoms with van der Waals surface area (Å²) in [4.78, 5) is 15.0. The van der Waals surface area contributed by atoms with Gasteiger partial charge in [-0.05, 0) is 28.7 Å². The van der Waals surface area contributed by atoms with Gasteiger partial charge in [0.2, 0.25) is 0 Å². The Bertz CT molecular complexity index is 482. The highest BCUT2D eigenvalue weighted by atomic mass is 127. The number of aromatic nitrogens is 1. The molecule has 0 saturated carbocycles. The zero-order valence-corrected chi connectivity index (χ0v) is 12.5. The van der Waals surface area contributed by atoms with Crippen molar-refractivity contribution >= 4 is 40.2 Å².